The van der Waals surface area contributed by atoms with E-state index in [0.29, 0.717) is 39.7 Å². The van der Waals surface area contributed by atoms with Gasteiger partial charge in [-0.1, -0.05) is 48.5 Å². The largest absolute Gasteiger partial charge is 0.454 e. The molecule has 52 heavy (non-hydrogen) atoms. The van der Waals surface area contributed by atoms with E-state index in [2.05, 4.69) is 15.6 Å². The molecule has 1 aliphatic heterocycles. The van der Waals surface area contributed by atoms with Crippen LogP contribution in [0.5, 0.6) is 11.5 Å². The summed E-state index contributed by atoms with van der Waals surface area (Å²) in [4.78, 5) is 48.8. The number of amides is 2. The van der Waals surface area contributed by atoms with Crippen LogP contribution in [0.2, 0.25) is 0 Å². The Kier molecular flexibility index (Phi) is 10.7. The SMILES string of the molecule is CONC(=O)Nc1ccc(-c2sc3c(c2CN(C)Cc2ccccc2)c(=O)n(-c2ccc4c(c2)OCO4)c(=O)n3Cc2c(F)cccc2F)cc1.Cl. The summed E-state index contributed by atoms with van der Waals surface area (Å²) in [6, 6.07) is 24.4. The molecule has 0 fully saturated rings. The molecule has 6 aromatic rings. The molecule has 0 spiro atoms. The number of rotatable bonds is 10. The van der Waals surface area contributed by atoms with Crippen LogP contribution in [0.4, 0.5) is 19.3 Å². The molecule has 0 atom stereocenters. The zero-order chi connectivity index (χ0) is 35.6. The summed E-state index contributed by atoms with van der Waals surface area (Å²) in [6.07, 6.45) is 0. The Morgan fingerprint density at radius 3 is 2.33 bits per heavy atom. The summed E-state index contributed by atoms with van der Waals surface area (Å²) in [6.45, 7) is 0.338. The molecule has 15 heteroatoms. The number of hydrogen-bond acceptors (Lipinski definition) is 8. The van der Waals surface area contributed by atoms with E-state index in [4.69, 9.17) is 9.47 Å². The van der Waals surface area contributed by atoms with Crippen molar-refractivity contribution in [1.82, 2.24) is 19.5 Å². The van der Waals surface area contributed by atoms with Gasteiger partial charge in [0.25, 0.3) is 5.56 Å². The molecule has 7 rings (SSSR count). The van der Waals surface area contributed by atoms with Crippen LogP contribution < -0.4 is 31.5 Å². The third-order valence-corrected chi connectivity index (χ3v) is 9.69. The van der Waals surface area contributed by atoms with Crippen LogP contribution in [0.3, 0.4) is 0 Å². The van der Waals surface area contributed by atoms with Gasteiger partial charge in [0, 0.05) is 35.3 Å². The summed E-state index contributed by atoms with van der Waals surface area (Å²) in [5, 5.41) is 2.89. The Labute approximate surface area is 306 Å². The van der Waals surface area contributed by atoms with Gasteiger partial charge in [0.05, 0.1) is 24.7 Å². The van der Waals surface area contributed by atoms with E-state index in [0.717, 1.165) is 22.3 Å². The number of carbonyl (C=O) groups is 1. The van der Waals surface area contributed by atoms with E-state index in [-0.39, 0.29) is 47.2 Å². The number of ether oxygens (including phenoxy) is 2. The average Bonchev–Trinajstić information content (AvgIpc) is 3.73. The average molecular weight is 748 g/mol. The lowest BCUT2D eigenvalue weighted by atomic mass is 10.1. The van der Waals surface area contributed by atoms with Crippen molar-refractivity contribution in [2.75, 3.05) is 26.3 Å². The Morgan fingerprint density at radius 1 is 0.904 bits per heavy atom. The first kappa shape index (κ1) is 36.3. The number of anilines is 1. The molecular weight excluding hydrogens is 716 g/mol. The second-order valence-corrected chi connectivity index (χ2v) is 12.8. The van der Waals surface area contributed by atoms with E-state index < -0.39 is 35.5 Å². The highest BCUT2D eigenvalue weighted by Gasteiger charge is 2.26. The number of aromatic nitrogens is 2. The summed E-state index contributed by atoms with van der Waals surface area (Å²) in [7, 11) is 3.24. The quantitative estimate of drug-likeness (QED) is 0.151. The molecule has 3 heterocycles. The second-order valence-electron chi connectivity index (χ2n) is 11.8. The van der Waals surface area contributed by atoms with Crippen LogP contribution in [0, 0.1) is 11.6 Å². The Hall–Kier alpha value is -5.54. The Morgan fingerprint density at radius 2 is 1.62 bits per heavy atom. The van der Waals surface area contributed by atoms with Gasteiger partial charge in [0.1, 0.15) is 16.5 Å². The predicted molar refractivity (Wildman–Crippen MR) is 197 cm³/mol. The molecule has 0 radical (unpaired) electrons. The highest BCUT2D eigenvalue weighted by Crippen LogP contribution is 2.39. The number of urea groups is 1. The molecule has 2 aromatic heterocycles. The molecule has 0 saturated carbocycles. The summed E-state index contributed by atoms with van der Waals surface area (Å²) >= 11 is 1.18. The van der Waals surface area contributed by atoms with Crippen LogP contribution in [-0.2, 0) is 24.5 Å². The molecule has 0 bridgehead atoms. The van der Waals surface area contributed by atoms with Gasteiger partial charge in [-0.05, 0) is 60.1 Å². The summed E-state index contributed by atoms with van der Waals surface area (Å²) in [5.41, 5.74) is 3.55. The first-order chi connectivity index (χ1) is 24.7. The lowest BCUT2D eigenvalue weighted by molar-refractivity contribution is 0.114. The maximum absolute atomic E-state index is 15.1. The van der Waals surface area contributed by atoms with Crippen molar-refractivity contribution in [1.29, 1.82) is 0 Å². The smallest absolute Gasteiger partial charge is 0.343 e. The van der Waals surface area contributed by atoms with Gasteiger partial charge in [-0.2, -0.15) is 0 Å². The summed E-state index contributed by atoms with van der Waals surface area (Å²) in [5.74, 6) is -0.834. The minimum atomic E-state index is -0.823. The van der Waals surface area contributed by atoms with E-state index in [1.54, 1.807) is 36.4 Å². The fourth-order valence-corrected chi connectivity index (χ4v) is 7.36. The van der Waals surface area contributed by atoms with Crippen LogP contribution in [0.25, 0.3) is 26.3 Å². The third-order valence-electron chi connectivity index (χ3n) is 8.39. The molecule has 0 unspecified atom stereocenters. The fourth-order valence-electron chi connectivity index (χ4n) is 6.06. The van der Waals surface area contributed by atoms with E-state index in [9.17, 15) is 14.4 Å². The molecular formula is C37H32ClF2N5O6S. The maximum Gasteiger partial charge on any atom is 0.343 e. The second kappa shape index (κ2) is 15.4. The van der Waals surface area contributed by atoms with Crippen molar-refractivity contribution < 1.29 is 27.9 Å². The molecule has 0 aliphatic carbocycles. The molecule has 1 aliphatic rings. The maximum atomic E-state index is 15.1. The van der Waals surface area contributed by atoms with Gasteiger partial charge >= 0.3 is 11.7 Å². The first-order valence-electron chi connectivity index (χ1n) is 15.8. The highest BCUT2D eigenvalue weighted by atomic mass is 35.5. The van der Waals surface area contributed by atoms with Crippen molar-refractivity contribution in [3.8, 4) is 27.6 Å². The van der Waals surface area contributed by atoms with Crippen LogP contribution in [-0.4, -0.2) is 41.0 Å². The number of nitrogens with zero attached hydrogens (tertiary/aromatic N) is 3. The number of nitrogens with one attached hydrogen (secondary N) is 2. The van der Waals surface area contributed by atoms with Crippen LogP contribution in [0.15, 0.2) is 101 Å². The lowest BCUT2D eigenvalue weighted by Crippen LogP contribution is -2.39. The third kappa shape index (κ3) is 7.14. The molecule has 4 aromatic carbocycles. The van der Waals surface area contributed by atoms with Gasteiger partial charge in [-0.25, -0.2) is 28.4 Å². The van der Waals surface area contributed by atoms with Crippen molar-refractivity contribution in [2.24, 2.45) is 0 Å². The van der Waals surface area contributed by atoms with Crippen LogP contribution in [0.1, 0.15) is 16.7 Å². The zero-order valence-corrected chi connectivity index (χ0v) is 29.5. The minimum Gasteiger partial charge on any atom is -0.454 e. The van der Waals surface area contributed by atoms with Crippen LogP contribution >= 0.6 is 23.7 Å². The zero-order valence-electron chi connectivity index (χ0n) is 27.9. The predicted octanol–water partition coefficient (Wildman–Crippen LogP) is 6.67. The number of hydroxylamine groups is 1. The minimum absolute atomic E-state index is 0. The molecule has 268 valence electrons. The van der Waals surface area contributed by atoms with E-state index in [1.165, 1.54) is 35.1 Å². The molecule has 11 nitrogen and oxygen atoms in total. The molecule has 2 N–H and O–H groups in total. The first-order valence-corrected chi connectivity index (χ1v) is 16.6. The van der Waals surface area contributed by atoms with Gasteiger partial charge in [0.15, 0.2) is 11.5 Å². The Balaban J connectivity index is 0.00000464. The monoisotopic (exact) mass is 747 g/mol. The van der Waals surface area contributed by atoms with Gasteiger partial charge in [-0.3, -0.25) is 19.1 Å². The molecule has 2 amide bonds. The van der Waals surface area contributed by atoms with Crippen molar-refractivity contribution in [3.63, 3.8) is 0 Å². The summed E-state index contributed by atoms with van der Waals surface area (Å²) < 4.78 is 43.5. The number of halogens is 3. The Bertz CT molecular complexity index is 2360. The van der Waals surface area contributed by atoms with Gasteiger partial charge < -0.3 is 14.8 Å². The number of thiophene rings is 1. The number of carbonyl (C=O) groups excluding carboxylic acids is 1. The standard InChI is InChI=1S/C37H31F2N5O6S.ClH/c1-42(18-22-7-4-3-5-8-22)19-27-32-34(45)44(25-15-16-30-31(17-25)50-21-49-30)37(47)43(20-26-28(38)9-6-10-29(26)39)35(32)51-33(27)23-11-13-24(14-12-23)40-36(46)41-48-2;/h3-17H,18-21H2,1-2H3,(H2,40,41,46);1H. The topological polar surface area (TPSA) is 116 Å². The number of benzene rings is 4. The van der Waals surface area contributed by atoms with Crippen molar-refractivity contribution in [3.05, 3.63) is 140 Å². The number of fused-ring (bicyclic) bond motifs is 2. The van der Waals surface area contributed by atoms with E-state index in [1.807, 2.05) is 42.3 Å². The van der Waals surface area contributed by atoms with E-state index >= 15 is 8.78 Å². The van der Waals surface area contributed by atoms with Crippen molar-refractivity contribution >= 4 is 45.7 Å². The van der Waals surface area contributed by atoms with Crippen molar-refractivity contribution in [2.45, 2.75) is 19.6 Å². The van der Waals surface area contributed by atoms with Gasteiger partial charge in [0.2, 0.25) is 6.79 Å². The normalized spacial score (nSPS) is 11.9. The van der Waals surface area contributed by atoms with Gasteiger partial charge in [-0.15, -0.1) is 23.7 Å². The lowest BCUT2D eigenvalue weighted by Gasteiger charge is -2.18. The fraction of sp³-hybridized carbons (Fsp3) is 0.162. The number of hydrogen-bond donors (Lipinski definition) is 2. The molecule has 0 saturated heterocycles. The highest BCUT2D eigenvalue weighted by molar-refractivity contribution is 7.22.